The zero-order chi connectivity index (χ0) is 18.5. The van der Waals surface area contributed by atoms with Gasteiger partial charge >= 0.3 is 0 Å². The molecular weight excluding hydrogens is 355 g/mol. The molecule has 0 saturated carbocycles. The molecule has 0 aliphatic carbocycles. The van der Waals surface area contributed by atoms with Gasteiger partial charge < -0.3 is 14.5 Å². The van der Waals surface area contributed by atoms with Crippen molar-refractivity contribution >= 4 is 23.2 Å². The van der Waals surface area contributed by atoms with Crippen molar-refractivity contribution in [1.29, 1.82) is 0 Å². The number of benzene rings is 2. The zero-order valence-corrected chi connectivity index (χ0v) is 15.5. The van der Waals surface area contributed by atoms with Crippen molar-refractivity contribution in [3.63, 3.8) is 0 Å². The lowest BCUT2D eigenvalue weighted by atomic mass is 10.2. The first-order chi connectivity index (χ1) is 12.6. The van der Waals surface area contributed by atoms with Crippen molar-refractivity contribution in [3.05, 3.63) is 59.4 Å². The van der Waals surface area contributed by atoms with Gasteiger partial charge in [-0.15, -0.1) is 0 Å². The molecule has 0 aromatic heterocycles. The number of carbonyl (C=O) groups is 1. The molecule has 1 heterocycles. The SMILES string of the molecule is CC[C@@H](Oc1cccc(Cl)c1)C(=O)N1CCN(c2ccc(F)cc2)CC1. The Bertz CT molecular complexity index is 746. The molecule has 1 atom stereocenters. The first kappa shape index (κ1) is 18.5. The Balaban J connectivity index is 1.58. The molecule has 2 aromatic carbocycles. The molecule has 0 N–H and O–H groups in total. The van der Waals surface area contributed by atoms with Crippen molar-refractivity contribution < 1.29 is 13.9 Å². The fourth-order valence-corrected chi connectivity index (χ4v) is 3.23. The third-order valence-corrected chi connectivity index (χ3v) is 4.74. The molecule has 3 rings (SSSR count). The van der Waals surface area contributed by atoms with E-state index in [1.165, 1.54) is 12.1 Å². The predicted octanol–water partition coefficient (Wildman–Crippen LogP) is 3.99. The van der Waals surface area contributed by atoms with Gasteiger partial charge in [0.05, 0.1) is 0 Å². The van der Waals surface area contributed by atoms with Gasteiger partial charge in [-0.25, -0.2) is 4.39 Å². The summed E-state index contributed by atoms with van der Waals surface area (Å²) in [5.74, 6) is 0.348. The van der Waals surface area contributed by atoms with E-state index >= 15 is 0 Å². The Morgan fingerprint density at radius 3 is 2.46 bits per heavy atom. The Kier molecular flexibility index (Phi) is 5.99. The van der Waals surface area contributed by atoms with Crippen molar-refractivity contribution in [2.45, 2.75) is 19.4 Å². The van der Waals surface area contributed by atoms with Crippen molar-refractivity contribution in [1.82, 2.24) is 4.90 Å². The summed E-state index contributed by atoms with van der Waals surface area (Å²) in [5.41, 5.74) is 0.973. The predicted molar refractivity (Wildman–Crippen MR) is 101 cm³/mol. The molecule has 1 fully saturated rings. The molecule has 138 valence electrons. The van der Waals surface area contributed by atoms with Gasteiger partial charge in [0.15, 0.2) is 6.10 Å². The van der Waals surface area contributed by atoms with Gasteiger partial charge in [0.25, 0.3) is 5.91 Å². The molecule has 2 aromatic rings. The number of rotatable bonds is 5. The van der Waals surface area contributed by atoms with E-state index in [2.05, 4.69) is 4.90 Å². The Morgan fingerprint density at radius 1 is 1.15 bits per heavy atom. The van der Waals surface area contributed by atoms with Crippen LogP contribution < -0.4 is 9.64 Å². The molecule has 4 nitrogen and oxygen atoms in total. The zero-order valence-electron chi connectivity index (χ0n) is 14.7. The average Bonchev–Trinajstić information content (AvgIpc) is 2.66. The molecule has 0 radical (unpaired) electrons. The van der Waals surface area contributed by atoms with Crippen LogP contribution in [0.4, 0.5) is 10.1 Å². The quantitative estimate of drug-likeness (QED) is 0.791. The summed E-state index contributed by atoms with van der Waals surface area (Å²) in [6.07, 6.45) is 0.0645. The molecular formula is C20H22ClFN2O2. The molecule has 6 heteroatoms. The maximum absolute atomic E-state index is 13.1. The van der Waals surface area contributed by atoms with Crippen LogP contribution in [0.25, 0.3) is 0 Å². The number of halogens is 2. The Hall–Kier alpha value is -2.27. The highest BCUT2D eigenvalue weighted by atomic mass is 35.5. The third kappa shape index (κ3) is 4.47. The minimum atomic E-state index is -0.522. The molecule has 0 bridgehead atoms. The van der Waals surface area contributed by atoms with E-state index in [1.54, 1.807) is 36.4 Å². The summed E-state index contributed by atoms with van der Waals surface area (Å²) in [6.45, 7) is 4.59. The lowest BCUT2D eigenvalue weighted by Gasteiger charge is -2.37. The van der Waals surface area contributed by atoms with E-state index in [4.69, 9.17) is 16.3 Å². The number of hydrogen-bond donors (Lipinski definition) is 0. The fourth-order valence-electron chi connectivity index (χ4n) is 3.05. The second-order valence-corrected chi connectivity index (χ2v) is 6.70. The van der Waals surface area contributed by atoms with Crippen LogP contribution in [-0.2, 0) is 4.79 Å². The molecule has 0 unspecified atom stereocenters. The summed E-state index contributed by atoms with van der Waals surface area (Å²) < 4.78 is 18.9. The Morgan fingerprint density at radius 2 is 1.85 bits per heavy atom. The van der Waals surface area contributed by atoms with Crippen molar-refractivity contribution in [3.8, 4) is 5.75 Å². The maximum atomic E-state index is 13.1. The molecule has 1 amide bonds. The van der Waals surface area contributed by atoms with Gasteiger partial charge in [0, 0.05) is 36.9 Å². The van der Waals surface area contributed by atoms with Crippen LogP contribution in [0.15, 0.2) is 48.5 Å². The molecule has 1 aliphatic rings. The van der Waals surface area contributed by atoms with E-state index < -0.39 is 6.10 Å². The van der Waals surface area contributed by atoms with Crippen LogP contribution in [0, 0.1) is 5.82 Å². The number of ether oxygens (including phenoxy) is 1. The number of anilines is 1. The Labute approximate surface area is 158 Å². The monoisotopic (exact) mass is 376 g/mol. The minimum absolute atomic E-state index is 0.00812. The van der Waals surface area contributed by atoms with Crippen LogP contribution in [0.5, 0.6) is 5.75 Å². The fraction of sp³-hybridized carbons (Fsp3) is 0.350. The van der Waals surface area contributed by atoms with Gasteiger partial charge in [-0.2, -0.15) is 0 Å². The normalized spacial score (nSPS) is 15.7. The summed E-state index contributed by atoms with van der Waals surface area (Å²) in [5, 5.41) is 0.581. The van der Waals surface area contributed by atoms with Crippen LogP contribution in [0.1, 0.15) is 13.3 Å². The van der Waals surface area contributed by atoms with Crippen LogP contribution >= 0.6 is 11.6 Å². The van der Waals surface area contributed by atoms with E-state index in [-0.39, 0.29) is 11.7 Å². The van der Waals surface area contributed by atoms with Gasteiger partial charge in [0.2, 0.25) is 0 Å². The van der Waals surface area contributed by atoms with Crippen LogP contribution in [-0.4, -0.2) is 43.1 Å². The minimum Gasteiger partial charge on any atom is -0.481 e. The summed E-state index contributed by atoms with van der Waals surface area (Å²) in [4.78, 5) is 16.8. The highest BCUT2D eigenvalue weighted by Gasteiger charge is 2.28. The highest BCUT2D eigenvalue weighted by molar-refractivity contribution is 6.30. The highest BCUT2D eigenvalue weighted by Crippen LogP contribution is 2.21. The van der Waals surface area contributed by atoms with Crippen LogP contribution in [0.2, 0.25) is 5.02 Å². The van der Waals surface area contributed by atoms with Gasteiger partial charge in [-0.3, -0.25) is 4.79 Å². The standard InChI is InChI=1S/C20H22ClFN2O2/c1-2-19(26-18-5-3-4-15(21)14-18)20(25)24-12-10-23(11-13-24)17-8-6-16(22)7-9-17/h3-9,14,19H,2,10-13H2,1H3/t19-/m1/s1. The number of nitrogens with zero attached hydrogens (tertiary/aromatic N) is 2. The number of carbonyl (C=O) groups excluding carboxylic acids is 1. The first-order valence-electron chi connectivity index (χ1n) is 8.78. The topological polar surface area (TPSA) is 32.8 Å². The average molecular weight is 377 g/mol. The van der Waals surface area contributed by atoms with Gasteiger partial charge in [-0.05, 0) is 48.9 Å². The van der Waals surface area contributed by atoms with Gasteiger partial charge in [0.1, 0.15) is 11.6 Å². The van der Waals surface area contributed by atoms with E-state index in [0.717, 1.165) is 5.69 Å². The lowest BCUT2D eigenvalue weighted by Crippen LogP contribution is -2.52. The summed E-state index contributed by atoms with van der Waals surface area (Å²) in [7, 11) is 0. The number of amides is 1. The third-order valence-electron chi connectivity index (χ3n) is 4.50. The number of piperazine rings is 1. The van der Waals surface area contributed by atoms with Crippen molar-refractivity contribution in [2.75, 3.05) is 31.1 Å². The van der Waals surface area contributed by atoms with E-state index in [1.807, 2.05) is 11.8 Å². The van der Waals surface area contributed by atoms with Crippen LogP contribution in [0.3, 0.4) is 0 Å². The smallest absolute Gasteiger partial charge is 0.263 e. The first-order valence-corrected chi connectivity index (χ1v) is 9.16. The number of hydrogen-bond acceptors (Lipinski definition) is 3. The van der Waals surface area contributed by atoms with Crippen molar-refractivity contribution in [2.24, 2.45) is 0 Å². The maximum Gasteiger partial charge on any atom is 0.263 e. The molecule has 0 spiro atoms. The van der Waals surface area contributed by atoms with E-state index in [9.17, 15) is 9.18 Å². The van der Waals surface area contributed by atoms with E-state index in [0.29, 0.717) is 43.4 Å². The second kappa shape index (κ2) is 8.41. The lowest BCUT2D eigenvalue weighted by molar-refractivity contribution is -0.139. The molecule has 1 aliphatic heterocycles. The second-order valence-electron chi connectivity index (χ2n) is 6.26. The molecule has 1 saturated heterocycles. The molecule has 26 heavy (non-hydrogen) atoms. The summed E-state index contributed by atoms with van der Waals surface area (Å²) >= 11 is 5.98. The van der Waals surface area contributed by atoms with Gasteiger partial charge in [-0.1, -0.05) is 24.6 Å². The summed E-state index contributed by atoms with van der Waals surface area (Å²) in [6, 6.07) is 13.5. The largest absolute Gasteiger partial charge is 0.481 e.